The van der Waals surface area contributed by atoms with E-state index < -0.39 is 0 Å². The molecule has 28 rings (SSSR count). The smallest absolute Gasteiger partial charge is 0.164 e. The Morgan fingerprint density at radius 3 is 0.924 bits per heavy atom. The van der Waals surface area contributed by atoms with Crippen molar-refractivity contribution in [3.05, 3.63) is 504 Å². The molecule has 9 aromatic heterocycles. The van der Waals surface area contributed by atoms with Gasteiger partial charge < -0.3 is 8.98 Å². The fraction of sp³-hybridized carbons (Fsp3) is 0. The topological polar surface area (TPSA) is 95.4 Å². The van der Waals surface area contributed by atoms with Crippen molar-refractivity contribution >= 4 is 140 Å². The van der Waals surface area contributed by atoms with Crippen LogP contribution in [0.15, 0.2) is 508 Å². The number of furan rings is 1. The normalized spacial score (nSPS) is 11.5. The summed E-state index contributed by atoms with van der Waals surface area (Å²) in [6.07, 6.45) is 0. The first kappa shape index (κ1) is 86.5. The molecular formula is C132H83N7OS4. The minimum absolute atomic E-state index is 0.633. The summed E-state index contributed by atoms with van der Waals surface area (Å²) >= 11 is 7.28. The second-order valence-corrected chi connectivity index (χ2v) is 40.0. The van der Waals surface area contributed by atoms with Gasteiger partial charge in [0.05, 0.1) is 56.4 Å². The molecule has 0 amide bonds. The number of thiophene rings is 4. The Kier molecular flexibility index (Phi) is 22.6. The van der Waals surface area contributed by atoms with Crippen molar-refractivity contribution in [3.8, 4) is 172 Å². The van der Waals surface area contributed by atoms with Crippen LogP contribution in [0, 0.1) is 0 Å². The van der Waals surface area contributed by atoms with E-state index in [2.05, 4.69) is 484 Å². The van der Waals surface area contributed by atoms with Crippen LogP contribution in [-0.4, -0.2) is 34.5 Å². The molecule has 0 aliphatic carbocycles. The third-order valence-corrected chi connectivity index (χ3v) is 31.7. The van der Waals surface area contributed by atoms with Crippen molar-refractivity contribution in [2.24, 2.45) is 0 Å². The van der Waals surface area contributed by atoms with Crippen molar-refractivity contribution in [2.75, 3.05) is 0 Å². The van der Waals surface area contributed by atoms with Gasteiger partial charge in [-0.1, -0.05) is 400 Å². The van der Waals surface area contributed by atoms with Crippen LogP contribution in [0.2, 0.25) is 0 Å². The van der Waals surface area contributed by atoms with Crippen LogP contribution in [-0.2, 0) is 0 Å². The molecule has 676 valence electrons. The minimum atomic E-state index is 0.633. The van der Waals surface area contributed by atoms with Crippen molar-refractivity contribution in [3.63, 3.8) is 0 Å². The third kappa shape index (κ3) is 16.6. The fourth-order valence-corrected chi connectivity index (χ4v) is 24.4. The number of hydrogen-bond acceptors (Lipinski definition) is 11. The number of benzene rings is 19. The van der Waals surface area contributed by atoms with Crippen molar-refractivity contribution in [1.29, 1.82) is 0 Å². The number of para-hydroxylation sites is 5. The van der Waals surface area contributed by atoms with Crippen LogP contribution < -0.4 is 0 Å². The van der Waals surface area contributed by atoms with E-state index in [-0.39, 0.29) is 0 Å². The maximum absolute atomic E-state index is 6.43. The molecule has 0 spiro atoms. The van der Waals surface area contributed by atoms with Gasteiger partial charge in [0.1, 0.15) is 11.2 Å². The molecule has 0 aliphatic heterocycles. The maximum atomic E-state index is 6.43. The lowest BCUT2D eigenvalue weighted by molar-refractivity contribution is 0.669. The van der Waals surface area contributed by atoms with E-state index in [1.807, 2.05) is 69.6 Å². The zero-order valence-corrected chi connectivity index (χ0v) is 80.9. The molecule has 0 saturated carbocycles. The first-order valence-corrected chi connectivity index (χ1v) is 51.4. The zero-order chi connectivity index (χ0) is 95.3. The predicted octanol–water partition coefficient (Wildman–Crippen LogP) is 37.4. The molecule has 9 heterocycles. The molecule has 0 N–H and O–H groups in total. The number of rotatable bonds is 16. The van der Waals surface area contributed by atoms with E-state index in [9.17, 15) is 0 Å². The second-order valence-electron chi connectivity index (χ2n) is 35.7. The number of nitrogens with zero attached hydrogens (tertiary/aromatic N) is 7. The van der Waals surface area contributed by atoms with E-state index >= 15 is 0 Å². The molecule has 0 radical (unpaired) electrons. The molecule has 0 atom stereocenters. The summed E-state index contributed by atoms with van der Waals surface area (Å²) in [4.78, 5) is 35.5. The lowest BCUT2D eigenvalue weighted by Crippen LogP contribution is -2.01. The summed E-state index contributed by atoms with van der Waals surface area (Å²) in [5.74, 6) is 2.05. The van der Waals surface area contributed by atoms with Crippen LogP contribution in [0.1, 0.15) is 0 Å². The standard InChI is InChI=1S/C48H31N3S.C42H26N2OS.C42H26N2S2/c1-2-14-32(15-3-1)36-17-5-6-18-37(36)42-31-41(33-26-28-34(29-27-33)47-30-35-16-4-13-25-46(35)52-47)49-48(50-42)40-21-9-12-24-45(40)51-43-22-10-7-19-38(43)39-20-8-11-23-44(39)51;1-2-11-27(12-3-1)31-14-5-6-15-32(31)37-26-36(28-21-23-29(24-22-28)40-25-30-13-4-9-20-39(30)46-40)43-42(44-37)35-18-10-17-34-33-16-7-8-19-38(33)45-41(34)35;1-2-11-27(12-3-1)31-14-5-6-15-32(31)37-26-36(28-21-23-29(24-22-28)40-25-30-13-4-8-19-38(30)45-40)43-42(44-37)35-18-10-17-34-33-16-7-9-20-39(33)46-41(34)35/h1-31H;2*1-26H. The highest BCUT2D eigenvalue weighted by atomic mass is 32.1. The van der Waals surface area contributed by atoms with Crippen LogP contribution in [0.3, 0.4) is 0 Å². The van der Waals surface area contributed by atoms with Gasteiger partial charge in [-0.3, -0.25) is 0 Å². The van der Waals surface area contributed by atoms with Gasteiger partial charge in [-0.05, 0) is 169 Å². The molecule has 0 unspecified atom stereocenters. The zero-order valence-electron chi connectivity index (χ0n) is 77.6. The van der Waals surface area contributed by atoms with E-state index in [1.165, 1.54) is 98.1 Å². The number of hydrogen-bond donors (Lipinski definition) is 0. The van der Waals surface area contributed by atoms with Crippen LogP contribution in [0.25, 0.3) is 266 Å². The summed E-state index contributed by atoms with van der Waals surface area (Å²) in [5, 5.41) is 10.9. The van der Waals surface area contributed by atoms with E-state index in [4.69, 9.17) is 34.3 Å². The van der Waals surface area contributed by atoms with E-state index in [1.54, 1.807) is 0 Å². The molecule has 8 nitrogen and oxygen atoms in total. The van der Waals surface area contributed by atoms with E-state index in [0.29, 0.717) is 11.6 Å². The summed E-state index contributed by atoms with van der Waals surface area (Å²) < 4.78 is 15.2. The molecule has 0 fully saturated rings. The highest BCUT2D eigenvalue weighted by Gasteiger charge is 2.25. The van der Waals surface area contributed by atoms with Gasteiger partial charge in [-0.15, -0.1) is 45.3 Å². The molecular weight excluding hydrogens is 1830 g/mol. The van der Waals surface area contributed by atoms with Crippen LogP contribution in [0.5, 0.6) is 0 Å². The third-order valence-electron chi connectivity index (χ3n) is 27.0. The Morgan fingerprint density at radius 1 is 0.181 bits per heavy atom. The fourth-order valence-electron chi connectivity index (χ4n) is 20.0. The molecule has 28 aromatic rings. The predicted molar refractivity (Wildman–Crippen MR) is 608 cm³/mol. The average Bonchev–Trinajstić information content (AvgIpc) is 1.58. The minimum Gasteiger partial charge on any atom is -0.455 e. The Morgan fingerprint density at radius 2 is 0.486 bits per heavy atom. The molecule has 144 heavy (non-hydrogen) atoms. The van der Waals surface area contributed by atoms with Crippen LogP contribution >= 0.6 is 45.3 Å². The van der Waals surface area contributed by atoms with Gasteiger partial charge in [0.15, 0.2) is 17.5 Å². The van der Waals surface area contributed by atoms with E-state index in [0.717, 1.165) is 157 Å². The van der Waals surface area contributed by atoms with Crippen molar-refractivity contribution < 1.29 is 4.42 Å². The largest absolute Gasteiger partial charge is 0.455 e. The molecule has 0 saturated heterocycles. The Labute approximate surface area is 847 Å². The Bertz CT molecular complexity index is 9210. The first-order valence-electron chi connectivity index (χ1n) is 48.1. The second kappa shape index (κ2) is 37.7. The summed E-state index contributed by atoms with van der Waals surface area (Å²) in [6.45, 7) is 0. The number of aromatic nitrogens is 7. The van der Waals surface area contributed by atoms with Gasteiger partial charge in [-0.2, -0.15) is 0 Å². The summed E-state index contributed by atoms with van der Waals surface area (Å²) in [7, 11) is 0. The van der Waals surface area contributed by atoms with Gasteiger partial charge >= 0.3 is 0 Å². The lowest BCUT2D eigenvalue weighted by atomic mass is 9.96. The van der Waals surface area contributed by atoms with Crippen LogP contribution in [0.4, 0.5) is 0 Å². The Balaban J connectivity index is 0.000000110. The molecule has 12 heteroatoms. The van der Waals surface area contributed by atoms with Crippen molar-refractivity contribution in [2.45, 2.75) is 0 Å². The van der Waals surface area contributed by atoms with Gasteiger partial charge in [0, 0.05) is 115 Å². The molecule has 19 aromatic carbocycles. The van der Waals surface area contributed by atoms with Gasteiger partial charge in [0.25, 0.3) is 0 Å². The molecule has 0 bridgehead atoms. The summed E-state index contributed by atoms with van der Waals surface area (Å²) in [5.41, 5.74) is 30.0. The Hall–Kier alpha value is -17.9. The highest BCUT2D eigenvalue weighted by Crippen LogP contribution is 2.47. The lowest BCUT2D eigenvalue weighted by Gasteiger charge is -2.16. The monoisotopic (exact) mass is 1910 g/mol. The highest BCUT2D eigenvalue weighted by molar-refractivity contribution is 7.26. The maximum Gasteiger partial charge on any atom is 0.164 e. The van der Waals surface area contributed by atoms with Gasteiger partial charge in [0.2, 0.25) is 0 Å². The quantitative estimate of drug-likeness (QED) is 0.0951. The first-order chi connectivity index (χ1) is 71.3. The SMILES string of the molecule is c1ccc(-c2ccccc2-c2cc(-c3ccc(-c4cc5ccccc5s4)cc3)nc(-c3cccc4c3oc3ccccc34)n2)cc1.c1ccc(-c2ccccc2-c2cc(-c3ccc(-c4cc5ccccc5s4)cc3)nc(-c3cccc4c3sc3ccccc34)n2)cc1.c1ccc(-c2ccccc2-c2cc(-c3ccc(-c4cc5ccccc5s4)cc3)nc(-c3ccccc3-n3c4ccccc4c4ccccc43)n2)cc1. The summed E-state index contributed by atoms with van der Waals surface area (Å²) in [6, 6.07) is 178. The average molecular weight is 1910 g/mol. The van der Waals surface area contributed by atoms with Crippen molar-refractivity contribution in [1.82, 2.24) is 34.5 Å². The molecule has 0 aliphatic rings. The van der Waals surface area contributed by atoms with Gasteiger partial charge in [-0.25, -0.2) is 29.9 Å². The number of fused-ring (bicyclic) bond motifs is 12.